The molecule has 1 aromatic carbocycles. The second-order valence-electron chi connectivity index (χ2n) is 5.56. The first kappa shape index (κ1) is 18.6. The number of aryl methyl sites for hydroxylation is 2. The fraction of sp³-hybridized carbons (Fsp3) is 0.412. The van der Waals surface area contributed by atoms with Gasteiger partial charge in [-0.05, 0) is 31.9 Å². The van der Waals surface area contributed by atoms with Gasteiger partial charge in [0, 0.05) is 24.0 Å². The molecule has 7 heteroatoms. The average molecular weight is 367 g/mol. The predicted molar refractivity (Wildman–Crippen MR) is 96.3 cm³/mol. The van der Waals surface area contributed by atoms with E-state index in [4.69, 9.17) is 0 Å². The Morgan fingerprint density at radius 3 is 2.71 bits per heavy atom. The molecule has 2 aromatic rings. The molecule has 0 aliphatic rings. The summed E-state index contributed by atoms with van der Waals surface area (Å²) in [6.07, 6.45) is 2.09. The van der Waals surface area contributed by atoms with Crippen LogP contribution >= 0.6 is 11.3 Å². The molecule has 1 aromatic heterocycles. The molecule has 0 spiro atoms. The van der Waals surface area contributed by atoms with Gasteiger partial charge in [0.25, 0.3) is 5.91 Å². The molecule has 2 rings (SSSR count). The summed E-state index contributed by atoms with van der Waals surface area (Å²) in [6.45, 7) is 4.25. The molecule has 0 aliphatic carbocycles. The predicted octanol–water partition coefficient (Wildman–Crippen LogP) is 3.00. The van der Waals surface area contributed by atoms with Gasteiger partial charge < -0.3 is 5.32 Å². The Morgan fingerprint density at radius 2 is 2.04 bits per heavy atom. The number of carbonyl (C=O) groups excluding carboxylic acids is 1. The van der Waals surface area contributed by atoms with Gasteiger partial charge >= 0.3 is 0 Å². The second-order valence-corrected chi connectivity index (χ2v) is 8.58. The number of nitrogens with one attached hydrogen (secondary N) is 1. The van der Waals surface area contributed by atoms with E-state index in [-0.39, 0.29) is 22.1 Å². The van der Waals surface area contributed by atoms with Crippen molar-refractivity contribution < 1.29 is 13.2 Å². The molecule has 5 nitrogen and oxygen atoms in total. The molecule has 1 N–H and O–H groups in total. The Labute approximate surface area is 147 Å². The maximum atomic E-state index is 12.3. The van der Waals surface area contributed by atoms with Gasteiger partial charge in [0.2, 0.25) is 0 Å². The molecule has 0 saturated carbocycles. The van der Waals surface area contributed by atoms with Crippen molar-refractivity contribution in [3.05, 3.63) is 45.9 Å². The Hall–Kier alpha value is -1.73. The third-order valence-corrected chi connectivity index (χ3v) is 6.46. The highest BCUT2D eigenvalue weighted by atomic mass is 32.2. The zero-order chi connectivity index (χ0) is 17.6. The minimum Gasteiger partial charge on any atom is -0.352 e. The van der Waals surface area contributed by atoms with Crippen LogP contribution < -0.4 is 5.32 Å². The number of thiazole rings is 1. The van der Waals surface area contributed by atoms with E-state index in [0.717, 1.165) is 23.5 Å². The van der Waals surface area contributed by atoms with Crippen molar-refractivity contribution in [2.24, 2.45) is 0 Å². The minimum absolute atomic E-state index is 0.0424. The van der Waals surface area contributed by atoms with Crippen LogP contribution in [0.25, 0.3) is 0 Å². The number of benzene rings is 1. The molecular formula is C17H22N2O3S2. The first-order valence-corrected chi connectivity index (χ1v) is 10.5. The van der Waals surface area contributed by atoms with Crippen LogP contribution in [0.3, 0.4) is 0 Å². The summed E-state index contributed by atoms with van der Waals surface area (Å²) in [5, 5.41) is 5.86. The minimum atomic E-state index is -3.43. The fourth-order valence-electron chi connectivity index (χ4n) is 2.36. The van der Waals surface area contributed by atoms with Crippen molar-refractivity contribution in [3.63, 3.8) is 0 Å². The number of rotatable bonds is 8. The van der Waals surface area contributed by atoms with Crippen LogP contribution in [0, 0.1) is 6.92 Å². The number of hydrogen-bond donors (Lipinski definition) is 1. The van der Waals surface area contributed by atoms with Crippen LogP contribution in [0.2, 0.25) is 0 Å². The third kappa shape index (κ3) is 4.88. The molecule has 0 saturated heterocycles. The van der Waals surface area contributed by atoms with Gasteiger partial charge in [-0.25, -0.2) is 13.4 Å². The van der Waals surface area contributed by atoms with Crippen molar-refractivity contribution in [2.45, 2.75) is 38.0 Å². The van der Waals surface area contributed by atoms with Gasteiger partial charge in [-0.15, -0.1) is 11.3 Å². The Balaban J connectivity index is 1.97. The standard InChI is InChI=1S/C17H22N2O3S2/c1-3-11-24(21,22)15-8-5-4-7-14(15)17(20)18-10-6-9-16-19-13(2)12-23-16/h4-5,7-8,12H,3,6,9-11H2,1-2H3,(H,18,20). The zero-order valence-corrected chi connectivity index (χ0v) is 15.5. The van der Waals surface area contributed by atoms with E-state index in [2.05, 4.69) is 10.3 Å². The summed E-state index contributed by atoms with van der Waals surface area (Å²) < 4.78 is 24.6. The van der Waals surface area contributed by atoms with E-state index in [0.29, 0.717) is 13.0 Å². The van der Waals surface area contributed by atoms with Crippen LogP contribution in [0.5, 0.6) is 0 Å². The van der Waals surface area contributed by atoms with E-state index < -0.39 is 9.84 Å². The van der Waals surface area contributed by atoms with Crippen molar-refractivity contribution in [1.29, 1.82) is 0 Å². The van der Waals surface area contributed by atoms with E-state index >= 15 is 0 Å². The van der Waals surface area contributed by atoms with Crippen molar-refractivity contribution in [3.8, 4) is 0 Å². The first-order chi connectivity index (χ1) is 11.4. The van der Waals surface area contributed by atoms with Crippen LogP contribution in [-0.4, -0.2) is 31.6 Å². The van der Waals surface area contributed by atoms with Crippen molar-refractivity contribution in [1.82, 2.24) is 10.3 Å². The topological polar surface area (TPSA) is 76.1 Å². The molecule has 24 heavy (non-hydrogen) atoms. The lowest BCUT2D eigenvalue weighted by atomic mass is 10.2. The quantitative estimate of drug-likeness (QED) is 0.729. The molecule has 1 amide bonds. The normalized spacial score (nSPS) is 11.4. The van der Waals surface area contributed by atoms with E-state index in [9.17, 15) is 13.2 Å². The summed E-state index contributed by atoms with van der Waals surface area (Å²) in [5.41, 5.74) is 1.23. The molecule has 1 heterocycles. The molecule has 0 fully saturated rings. The maximum absolute atomic E-state index is 12.3. The highest BCUT2D eigenvalue weighted by Gasteiger charge is 2.21. The number of carbonyl (C=O) groups is 1. The Bertz CT molecular complexity index is 798. The third-order valence-electron chi connectivity index (χ3n) is 3.46. The lowest BCUT2D eigenvalue weighted by Gasteiger charge is -2.10. The van der Waals surface area contributed by atoms with Crippen LogP contribution in [-0.2, 0) is 16.3 Å². The molecule has 0 atom stereocenters. The first-order valence-electron chi connectivity index (χ1n) is 7.95. The highest BCUT2D eigenvalue weighted by molar-refractivity contribution is 7.91. The SMILES string of the molecule is CCCS(=O)(=O)c1ccccc1C(=O)NCCCc1nc(C)cs1. The monoisotopic (exact) mass is 366 g/mol. The van der Waals surface area contributed by atoms with Gasteiger partial charge in [0.15, 0.2) is 9.84 Å². The van der Waals surface area contributed by atoms with Gasteiger partial charge in [-0.2, -0.15) is 0 Å². The molecule has 0 aliphatic heterocycles. The van der Waals surface area contributed by atoms with Gasteiger partial charge in [0.05, 0.1) is 21.2 Å². The van der Waals surface area contributed by atoms with Crippen molar-refractivity contribution >= 4 is 27.1 Å². The lowest BCUT2D eigenvalue weighted by molar-refractivity contribution is 0.0950. The van der Waals surface area contributed by atoms with Crippen LogP contribution in [0.4, 0.5) is 0 Å². The Kier molecular flexibility index (Phi) is 6.51. The lowest BCUT2D eigenvalue weighted by Crippen LogP contribution is -2.26. The maximum Gasteiger partial charge on any atom is 0.252 e. The average Bonchev–Trinajstić information content (AvgIpc) is 2.97. The Morgan fingerprint density at radius 1 is 1.29 bits per heavy atom. The second kappa shape index (κ2) is 8.39. The van der Waals surface area contributed by atoms with Crippen molar-refractivity contribution in [2.75, 3.05) is 12.3 Å². The summed E-state index contributed by atoms with van der Waals surface area (Å²) in [7, 11) is -3.43. The van der Waals surface area contributed by atoms with E-state index in [1.54, 1.807) is 36.5 Å². The fourth-order valence-corrected chi connectivity index (χ4v) is 4.72. The van der Waals surface area contributed by atoms with E-state index in [1.165, 1.54) is 6.07 Å². The number of aromatic nitrogens is 1. The smallest absolute Gasteiger partial charge is 0.252 e. The summed E-state index contributed by atoms with van der Waals surface area (Å²) in [5.74, 6) is -0.304. The molecule has 0 radical (unpaired) electrons. The number of sulfone groups is 1. The van der Waals surface area contributed by atoms with Crippen LogP contribution in [0.15, 0.2) is 34.5 Å². The molecule has 130 valence electrons. The molecule has 0 bridgehead atoms. The largest absolute Gasteiger partial charge is 0.352 e. The van der Waals surface area contributed by atoms with Gasteiger partial charge in [-0.3, -0.25) is 4.79 Å². The van der Waals surface area contributed by atoms with Crippen LogP contribution in [0.1, 0.15) is 40.8 Å². The zero-order valence-electron chi connectivity index (χ0n) is 13.9. The highest BCUT2D eigenvalue weighted by Crippen LogP contribution is 2.18. The van der Waals surface area contributed by atoms with Gasteiger partial charge in [0.1, 0.15) is 0 Å². The number of hydrogen-bond acceptors (Lipinski definition) is 5. The number of amides is 1. The summed E-state index contributed by atoms with van der Waals surface area (Å²) in [6, 6.07) is 6.38. The number of nitrogens with zero attached hydrogens (tertiary/aromatic N) is 1. The summed E-state index contributed by atoms with van der Waals surface area (Å²) >= 11 is 1.61. The molecular weight excluding hydrogens is 344 g/mol. The van der Waals surface area contributed by atoms with E-state index in [1.807, 2.05) is 12.3 Å². The summed E-state index contributed by atoms with van der Waals surface area (Å²) in [4.78, 5) is 16.8. The van der Waals surface area contributed by atoms with Gasteiger partial charge in [-0.1, -0.05) is 19.1 Å². The molecule has 0 unspecified atom stereocenters.